The van der Waals surface area contributed by atoms with Gasteiger partial charge in [-0.3, -0.25) is 9.67 Å². The van der Waals surface area contributed by atoms with Crippen LogP contribution in [0.1, 0.15) is 30.3 Å². The molecule has 4 aromatic rings. The van der Waals surface area contributed by atoms with Crippen LogP contribution in [0.3, 0.4) is 0 Å². The van der Waals surface area contributed by atoms with Gasteiger partial charge in [0, 0.05) is 23.5 Å². The number of aromatic nitrogens is 3. The van der Waals surface area contributed by atoms with Gasteiger partial charge in [0.15, 0.2) is 11.4 Å². The molecule has 1 unspecified atom stereocenters. The highest BCUT2D eigenvalue weighted by Gasteiger charge is 2.20. The van der Waals surface area contributed by atoms with Crippen LogP contribution in [-0.2, 0) is 6.54 Å². The summed E-state index contributed by atoms with van der Waals surface area (Å²) >= 11 is 0. The quantitative estimate of drug-likeness (QED) is 0.353. The van der Waals surface area contributed by atoms with E-state index in [1.807, 2.05) is 55.5 Å². The zero-order chi connectivity index (χ0) is 19.5. The lowest BCUT2D eigenvalue weighted by molar-refractivity contribution is 0.0731. The summed E-state index contributed by atoms with van der Waals surface area (Å²) < 4.78 is 21.0. The van der Waals surface area contributed by atoms with E-state index in [9.17, 15) is 9.18 Å². The fraction of sp³-hybridized carbons (Fsp3) is 0.227. The molecule has 6 heteroatoms. The number of fused-ring (bicyclic) bond motifs is 2. The highest BCUT2D eigenvalue weighted by molar-refractivity contribution is 6.03. The molecule has 4 rings (SSSR count). The molecule has 142 valence electrons. The van der Waals surface area contributed by atoms with E-state index in [4.69, 9.17) is 4.74 Å². The molecule has 0 aliphatic rings. The average Bonchev–Trinajstić information content (AvgIpc) is 3.11. The van der Waals surface area contributed by atoms with Gasteiger partial charge in [0.2, 0.25) is 0 Å². The highest BCUT2D eigenvalue weighted by Crippen LogP contribution is 2.26. The zero-order valence-corrected chi connectivity index (χ0v) is 15.5. The van der Waals surface area contributed by atoms with Crippen molar-refractivity contribution in [2.45, 2.75) is 32.5 Å². The number of para-hydroxylation sites is 2. The lowest BCUT2D eigenvalue weighted by Crippen LogP contribution is -2.12. The Labute approximate surface area is 161 Å². The number of hydrogen-bond donors (Lipinski definition) is 0. The second-order valence-corrected chi connectivity index (χ2v) is 6.60. The summed E-state index contributed by atoms with van der Waals surface area (Å²) in [6, 6.07) is 16.6. The summed E-state index contributed by atoms with van der Waals surface area (Å²) in [6.07, 6.45) is 1.58. The maximum Gasteiger partial charge on any atom is 0.364 e. The molecule has 2 heterocycles. The first kappa shape index (κ1) is 18.1. The molecule has 0 N–H and O–H groups in total. The standard InChI is InChI=1S/C22H20FN3O2/c1-2-16(23)12-14-26-18-10-4-3-9-17(18)21(25-26)22(27)28-19-11-5-7-15-8-6-13-24-20(15)19/h3-11,13,16H,2,12,14H2,1H3. The van der Waals surface area contributed by atoms with E-state index in [0.717, 1.165) is 10.9 Å². The fourth-order valence-corrected chi connectivity index (χ4v) is 3.22. The summed E-state index contributed by atoms with van der Waals surface area (Å²) in [5.74, 6) is -0.170. The summed E-state index contributed by atoms with van der Waals surface area (Å²) in [6.45, 7) is 2.21. The van der Waals surface area contributed by atoms with Crippen molar-refractivity contribution in [3.63, 3.8) is 0 Å². The third-order valence-electron chi connectivity index (χ3n) is 4.75. The van der Waals surface area contributed by atoms with Gasteiger partial charge in [-0.05, 0) is 31.0 Å². The number of rotatable bonds is 6. The molecule has 2 aromatic carbocycles. The highest BCUT2D eigenvalue weighted by atomic mass is 19.1. The van der Waals surface area contributed by atoms with Crippen LogP contribution in [0.2, 0.25) is 0 Å². The number of alkyl halides is 1. The number of aryl methyl sites for hydroxylation is 1. The van der Waals surface area contributed by atoms with E-state index in [2.05, 4.69) is 10.1 Å². The van der Waals surface area contributed by atoms with Gasteiger partial charge in [0.1, 0.15) is 11.7 Å². The van der Waals surface area contributed by atoms with Gasteiger partial charge in [-0.25, -0.2) is 9.18 Å². The van der Waals surface area contributed by atoms with Crippen LogP contribution in [0.25, 0.3) is 21.8 Å². The second-order valence-electron chi connectivity index (χ2n) is 6.60. The van der Waals surface area contributed by atoms with E-state index in [1.165, 1.54) is 0 Å². The SMILES string of the molecule is CCC(F)CCn1nc(C(=O)Oc2cccc3cccnc23)c2ccccc21. The van der Waals surface area contributed by atoms with Crippen molar-refractivity contribution in [1.82, 2.24) is 14.8 Å². The maximum absolute atomic E-state index is 13.7. The van der Waals surface area contributed by atoms with E-state index >= 15 is 0 Å². The Morgan fingerprint density at radius 3 is 2.82 bits per heavy atom. The average molecular weight is 377 g/mol. The van der Waals surface area contributed by atoms with Crippen LogP contribution in [0.4, 0.5) is 4.39 Å². The summed E-state index contributed by atoms with van der Waals surface area (Å²) in [5.41, 5.74) is 1.62. The molecule has 0 aliphatic heterocycles. The Kier molecular flexibility index (Phi) is 5.02. The lowest BCUT2D eigenvalue weighted by Gasteiger charge is -2.06. The molecule has 0 saturated carbocycles. The molecule has 2 aromatic heterocycles. The number of carbonyl (C=O) groups is 1. The van der Waals surface area contributed by atoms with Crippen molar-refractivity contribution in [1.29, 1.82) is 0 Å². The smallest absolute Gasteiger partial charge is 0.364 e. The van der Waals surface area contributed by atoms with E-state index < -0.39 is 12.1 Å². The van der Waals surface area contributed by atoms with Crippen LogP contribution >= 0.6 is 0 Å². The van der Waals surface area contributed by atoms with Crippen LogP contribution in [-0.4, -0.2) is 26.9 Å². The largest absolute Gasteiger partial charge is 0.419 e. The van der Waals surface area contributed by atoms with Crippen LogP contribution in [0, 0.1) is 0 Å². The first-order valence-electron chi connectivity index (χ1n) is 9.33. The Hall–Kier alpha value is -3.28. The molecule has 0 fully saturated rings. The molecule has 0 radical (unpaired) electrons. The van der Waals surface area contributed by atoms with Gasteiger partial charge in [0.05, 0.1) is 5.52 Å². The minimum Gasteiger partial charge on any atom is -0.419 e. The monoisotopic (exact) mass is 377 g/mol. The number of hydrogen-bond acceptors (Lipinski definition) is 4. The lowest BCUT2D eigenvalue weighted by atomic mass is 10.2. The topological polar surface area (TPSA) is 57.0 Å². The van der Waals surface area contributed by atoms with Crippen molar-refractivity contribution < 1.29 is 13.9 Å². The van der Waals surface area contributed by atoms with E-state index in [0.29, 0.717) is 36.0 Å². The normalized spacial score (nSPS) is 12.4. The Balaban J connectivity index is 1.67. The number of halogens is 1. The maximum atomic E-state index is 13.7. The summed E-state index contributed by atoms with van der Waals surface area (Å²) in [7, 11) is 0. The minimum absolute atomic E-state index is 0.218. The summed E-state index contributed by atoms with van der Waals surface area (Å²) in [5, 5.41) is 6.00. The van der Waals surface area contributed by atoms with Crippen molar-refractivity contribution in [3.8, 4) is 5.75 Å². The minimum atomic E-state index is -0.889. The number of esters is 1. The van der Waals surface area contributed by atoms with Crippen molar-refractivity contribution in [2.75, 3.05) is 0 Å². The van der Waals surface area contributed by atoms with Gasteiger partial charge in [-0.2, -0.15) is 5.10 Å². The van der Waals surface area contributed by atoms with Gasteiger partial charge in [-0.1, -0.05) is 43.3 Å². The molecular formula is C22H20FN3O2. The van der Waals surface area contributed by atoms with Gasteiger partial charge >= 0.3 is 5.97 Å². The second kappa shape index (κ2) is 7.76. The predicted octanol–water partition coefficient (Wildman–Crippen LogP) is 4.94. The molecule has 0 amide bonds. The molecular weight excluding hydrogens is 357 g/mol. The van der Waals surface area contributed by atoms with Gasteiger partial charge in [-0.15, -0.1) is 0 Å². The number of ether oxygens (including phenoxy) is 1. The van der Waals surface area contributed by atoms with E-state index in [-0.39, 0.29) is 5.69 Å². The van der Waals surface area contributed by atoms with Crippen molar-refractivity contribution in [2.24, 2.45) is 0 Å². The number of pyridine rings is 1. The third kappa shape index (κ3) is 3.45. The van der Waals surface area contributed by atoms with Crippen molar-refractivity contribution in [3.05, 3.63) is 66.5 Å². The third-order valence-corrected chi connectivity index (χ3v) is 4.75. The Morgan fingerprint density at radius 1 is 1.14 bits per heavy atom. The van der Waals surface area contributed by atoms with Crippen LogP contribution in [0.15, 0.2) is 60.8 Å². The molecule has 0 spiro atoms. The molecule has 0 aliphatic carbocycles. The van der Waals surface area contributed by atoms with Crippen LogP contribution in [0.5, 0.6) is 5.75 Å². The van der Waals surface area contributed by atoms with E-state index in [1.54, 1.807) is 16.9 Å². The first-order valence-corrected chi connectivity index (χ1v) is 9.33. The zero-order valence-electron chi connectivity index (χ0n) is 15.5. The predicted molar refractivity (Wildman–Crippen MR) is 106 cm³/mol. The fourth-order valence-electron chi connectivity index (χ4n) is 3.22. The van der Waals surface area contributed by atoms with Crippen molar-refractivity contribution >= 4 is 27.8 Å². The molecule has 28 heavy (non-hydrogen) atoms. The Morgan fingerprint density at radius 2 is 1.96 bits per heavy atom. The summed E-state index contributed by atoms with van der Waals surface area (Å²) in [4.78, 5) is 17.2. The van der Waals surface area contributed by atoms with Crippen LogP contribution < -0.4 is 4.74 Å². The molecule has 0 saturated heterocycles. The number of nitrogens with zero attached hydrogens (tertiary/aromatic N) is 3. The molecule has 5 nitrogen and oxygen atoms in total. The number of carbonyl (C=O) groups excluding carboxylic acids is 1. The molecule has 1 atom stereocenters. The molecule has 0 bridgehead atoms. The van der Waals surface area contributed by atoms with Gasteiger partial charge < -0.3 is 4.74 Å². The first-order chi connectivity index (χ1) is 13.7. The van der Waals surface area contributed by atoms with Gasteiger partial charge in [0.25, 0.3) is 0 Å². The Bertz CT molecular complexity index is 1130. The number of benzene rings is 2.